The molecular formula is C15H32N2. The largest absolute Gasteiger partial charge is 0.314 e. The summed E-state index contributed by atoms with van der Waals surface area (Å²) in [4.78, 5) is 2.68. The number of likely N-dealkylation sites (tertiary alicyclic amines) is 1. The van der Waals surface area contributed by atoms with E-state index in [2.05, 4.69) is 24.1 Å². The Morgan fingerprint density at radius 2 is 1.76 bits per heavy atom. The molecule has 1 unspecified atom stereocenters. The molecule has 1 aliphatic heterocycles. The van der Waals surface area contributed by atoms with E-state index in [9.17, 15) is 0 Å². The van der Waals surface area contributed by atoms with Crippen molar-refractivity contribution < 1.29 is 0 Å². The highest BCUT2D eigenvalue weighted by molar-refractivity contribution is 4.68. The second-order valence-electron chi connectivity index (χ2n) is 5.46. The van der Waals surface area contributed by atoms with Crippen LogP contribution in [0.3, 0.4) is 0 Å². The van der Waals surface area contributed by atoms with Gasteiger partial charge in [0.1, 0.15) is 0 Å². The molecule has 1 fully saturated rings. The molecule has 0 radical (unpaired) electrons. The lowest BCUT2D eigenvalue weighted by atomic mass is 10.1. The Hall–Kier alpha value is -0.0800. The average molecular weight is 240 g/mol. The van der Waals surface area contributed by atoms with Gasteiger partial charge in [-0.1, -0.05) is 26.7 Å². The quantitative estimate of drug-likeness (QED) is 0.699. The minimum atomic E-state index is 0.752. The first-order chi connectivity index (χ1) is 8.36. The van der Waals surface area contributed by atoms with Crippen LogP contribution in [0.2, 0.25) is 0 Å². The SMILES string of the molecule is CCCNC(CC)CCCN1CCCCCC1. The van der Waals surface area contributed by atoms with E-state index in [0.29, 0.717) is 0 Å². The summed E-state index contributed by atoms with van der Waals surface area (Å²) in [5, 5.41) is 3.65. The topological polar surface area (TPSA) is 15.3 Å². The molecule has 2 heteroatoms. The smallest absolute Gasteiger partial charge is 0.00649 e. The van der Waals surface area contributed by atoms with Gasteiger partial charge >= 0.3 is 0 Å². The van der Waals surface area contributed by atoms with Crippen molar-refractivity contribution in [1.29, 1.82) is 0 Å². The van der Waals surface area contributed by atoms with Gasteiger partial charge in [0.2, 0.25) is 0 Å². The van der Waals surface area contributed by atoms with Gasteiger partial charge in [-0.25, -0.2) is 0 Å². The lowest BCUT2D eigenvalue weighted by Crippen LogP contribution is -2.31. The maximum absolute atomic E-state index is 3.65. The van der Waals surface area contributed by atoms with Gasteiger partial charge in [0, 0.05) is 6.04 Å². The third-order valence-electron chi connectivity index (χ3n) is 3.90. The molecule has 1 N–H and O–H groups in total. The number of nitrogens with one attached hydrogen (secondary N) is 1. The Kier molecular flexibility index (Phi) is 8.72. The van der Waals surface area contributed by atoms with E-state index >= 15 is 0 Å². The van der Waals surface area contributed by atoms with Crippen molar-refractivity contribution in [3.8, 4) is 0 Å². The van der Waals surface area contributed by atoms with Gasteiger partial charge in [-0.05, 0) is 64.7 Å². The minimum absolute atomic E-state index is 0.752. The zero-order chi connectivity index (χ0) is 12.3. The number of nitrogens with zero attached hydrogens (tertiary/aromatic N) is 1. The van der Waals surface area contributed by atoms with Gasteiger partial charge in [0.05, 0.1) is 0 Å². The van der Waals surface area contributed by atoms with Gasteiger partial charge in [-0.15, -0.1) is 0 Å². The van der Waals surface area contributed by atoms with E-state index in [1.165, 1.54) is 77.5 Å². The highest BCUT2D eigenvalue weighted by Gasteiger charge is 2.10. The Labute approximate surface area is 108 Å². The Morgan fingerprint density at radius 1 is 1.06 bits per heavy atom. The van der Waals surface area contributed by atoms with Crippen molar-refractivity contribution in [2.45, 2.75) is 71.3 Å². The monoisotopic (exact) mass is 240 g/mol. The summed E-state index contributed by atoms with van der Waals surface area (Å²) >= 11 is 0. The molecule has 1 aliphatic rings. The van der Waals surface area contributed by atoms with Gasteiger partial charge in [-0.2, -0.15) is 0 Å². The van der Waals surface area contributed by atoms with E-state index in [4.69, 9.17) is 0 Å². The Balaban J connectivity index is 2.07. The van der Waals surface area contributed by atoms with Crippen LogP contribution in [0.25, 0.3) is 0 Å². The van der Waals surface area contributed by atoms with Crippen LogP contribution in [-0.4, -0.2) is 37.1 Å². The Bertz CT molecular complexity index is 162. The summed E-state index contributed by atoms with van der Waals surface area (Å²) in [6.45, 7) is 9.75. The first-order valence-electron chi connectivity index (χ1n) is 7.82. The third kappa shape index (κ3) is 7.05. The molecular weight excluding hydrogens is 208 g/mol. The second-order valence-corrected chi connectivity index (χ2v) is 5.46. The van der Waals surface area contributed by atoms with Crippen molar-refractivity contribution in [2.24, 2.45) is 0 Å². The molecule has 1 saturated heterocycles. The number of hydrogen-bond donors (Lipinski definition) is 1. The van der Waals surface area contributed by atoms with Gasteiger partial charge in [0.25, 0.3) is 0 Å². The molecule has 0 saturated carbocycles. The number of hydrogen-bond acceptors (Lipinski definition) is 2. The summed E-state index contributed by atoms with van der Waals surface area (Å²) in [5.74, 6) is 0. The minimum Gasteiger partial charge on any atom is -0.314 e. The normalized spacial score (nSPS) is 20.1. The van der Waals surface area contributed by atoms with Crippen LogP contribution in [0, 0.1) is 0 Å². The third-order valence-corrected chi connectivity index (χ3v) is 3.90. The number of rotatable bonds is 8. The maximum atomic E-state index is 3.65. The van der Waals surface area contributed by atoms with Crippen LogP contribution in [0.5, 0.6) is 0 Å². The molecule has 0 aromatic rings. The fourth-order valence-electron chi connectivity index (χ4n) is 2.72. The summed E-state index contributed by atoms with van der Waals surface area (Å²) in [5.41, 5.74) is 0. The first kappa shape index (κ1) is 15.0. The summed E-state index contributed by atoms with van der Waals surface area (Å²) in [6.07, 6.45) is 11.0. The van der Waals surface area contributed by atoms with E-state index in [1.54, 1.807) is 0 Å². The predicted octanol–water partition coefficient (Wildman–Crippen LogP) is 3.42. The standard InChI is InChI=1S/C15H32N2/c1-3-11-16-15(4-2)10-9-14-17-12-7-5-6-8-13-17/h15-16H,3-14H2,1-2H3. The zero-order valence-electron chi connectivity index (χ0n) is 12.0. The summed E-state index contributed by atoms with van der Waals surface area (Å²) in [6, 6.07) is 0.752. The van der Waals surface area contributed by atoms with Crippen molar-refractivity contribution in [1.82, 2.24) is 10.2 Å². The average Bonchev–Trinajstić information content (AvgIpc) is 2.62. The molecule has 0 spiro atoms. The van der Waals surface area contributed by atoms with Crippen LogP contribution < -0.4 is 5.32 Å². The summed E-state index contributed by atoms with van der Waals surface area (Å²) in [7, 11) is 0. The van der Waals surface area contributed by atoms with E-state index in [1.807, 2.05) is 0 Å². The van der Waals surface area contributed by atoms with Crippen LogP contribution in [-0.2, 0) is 0 Å². The van der Waals surface area contributed by atoms with Crippen LogP contribution in [0.4, 0.5) is 0 Å². The molecule has 0 aromatic carbocycles. The second kappa shape index (κ2) is 9.90. The molecule has 2 nitrogen and oxygen atoms in total. The molecule has 0 bridgehead atoms. The molecule has 17 heavy (non-hydrogen) atoms. The molecule has 1 heterocycles. The van der Waals surface area contributed by atoms with Crippen LogP contribution >= 0.6 is 0 Å². The molecule has 1 atom stereocenters. The van der Waals surface area contributed by atoms with Crippen molar-refractivity contribution in [2.75, 3.05) is 26.2 Å². The predicted molar refractivity (Wildman–Crippen MR) is 76.5 cm³/mol. The van der Waals surface area contributed by atoms with Gasteiger partial charge in [0.15, 0.2) is 0 Å². The Morgan fingerprint density at radius 3 is 2.35 bits per heavy atom. The van der Waals surface area contributed by atoms with Crippen LogP contribution in [0.1, 0.15) is 65.2 Å². The summed E-state index contributed by atoms with van der Waals surface area (Å²) < 4.78 is 0. The van der Waals surface area contributed by atoms with Gasteiger partial charge in [-0.3, -0.25) is 0 Å². The first-order valence-corrected chi connectivity index (χ1v) is 7.82. The van der Waals surface area contributed by atoms with Gasteiger partial charge < -0.3 is 10.2 Å². The van der Waals surface area contributed by atoms with Crippen molar-refractivity contribution in [3.05, 3.63) is 0 Å². The molecule has 0 aliphatic carbocycles. The maximum Gasteiger partial charge on any atom is 0.00649 e. The fraction of sp³-hybridized carbons (Fsp3) is 1.00. The lowest BCUT2D eigenvalue weighted by Gasteiger charge is -2.22. The highest BCUT2D eigenvalue weighted by atomic mass is 15.1. The van der Waals surface area contributed by atoms with Crippen molar-refractivity contribution >= 4 is 0 Å². The molecule has 0 aromatic heterocycles. The van der Waals surface area contributed by atoms with E-state index < -0.39 is 0 Å². The van der Waals surface area contributed by atoms with E-state index in [0.717, 1.165) is 6.04 Å². The van der Waals surface area contributed by atoms with Crippen molar-refractivity contribution in [3.63, 3.8) is 0 Å². The fourth-order valence-corrected chi connectivity index (χ4v) is 2.72. The molecule has 0 amide bonds. The lowest BCUT2D eigenvalue weighted by molar-refractivity contribution is 0.272. The van der Waals surface area contributed by atoms with Crippen LogP contribution in [0.15, 0.2) is 0 Å². The van der Waals surface area contributed by atoms with E-state index in [-0.39, 0.29) is 0 Å². The molecule has 102 valence electrons. The molecule has 1 rings (SSSR count). The zero-order valence-corrected chi connectivity index (χ0v) is 12.0. The highest BCUT2D eigenvalue weighted by Crippen LogP contribution is 2.11.